The van der Waals surface area contributed by atoms with Crippen LogP contribution in [0.2, 0.25) is 0 Å². The van der Waals surface area contributed by atoms with Gasteiger partial charge in [0.05, 0.1) is 7.11 Å². The molecule has 0 aliphatic rings. The molecular formula is C16H13FN2OS2. The summed E-state index contributed by atoms with van der Waals surface area (Å²) in [4.78, 5) is 4.53. The molecule has 0 spiro atoms. The standard InChI is InChI=1S/C16H13FN2OS2/c1-20-14-8-6-13(7-9-14)19-22-15-10-21-16(18-15)11-2-4-12(17)5-3-11/h2-10,19H,1H3. The smallest absolute Gasteiger partial charge is 0.128 e. The van der Waals surface area contributed by atoms with Gasteiger partial charge in [0.2, 0.25) is 0 Å². The summed E-state index contributed by atoms with van der Waals surface area (Å²) in [7, 11) is 1.64. The first kappa shape index (κ1) is 14.9. The van der Waals surface area contributed by atoms with E-state index in [2.05, 4.69) is 9.71 Å². The number of aromatic nitrogens is 1. The molecule has 0 bridgehead atoms. The number of anilines is 1. The number of nitrogens with zero attached hydrogens (tertiary/aromatic N) is 1. The van der Waals surface area contributed by atoms with Gasteiger partial charge >= 0.3 is 0 Å². The maximum Gasteiger partial charge on any atom is 0.128 e. The monoisotopic (exact) mass is 332 g/mol. The molecule has 0 saturated carbocycles. The molecule has 0 radical (unpaired) electrons. The minimum atomic E-state index is -0.240. The van der Waals surface area contributed by atoms with Crippen LogP contribution in [0.3, 0.4) is 0 Å². The van der Waals surface area contributed by atoms with Crippen molar-refractivity contribution < 1.29 is 9.13 Å². The summed E-state index contributed by atoms with van der Waals surface area (Å²) in [5.41, 5.74) is 1.89. The average molecular weight is 332 g/mol. The van der Waals surface area contributed by atoms with Crippen LogP contribution in [0.5, 0.6) is 5.75 Å². The Labute approximate surface area is 136 Å². The number of hydrogen-bond donors (Lipinski definition) is 1. The number of halogens is 1. The number of hydrogen-bond acceptors (Lipinski definition) is 5. The molecule has 0 amide bonds. The van der Waals surface area contributed by atoms with Crippen LogP contribution in [0.25, 0.3) is 10.6 Å². The summed E-state index contributed by atoms with van der Waals surface area (Å²) >= 11 is 2.98. The van der Waals surface area contributed by atoms with E-state index in [1.807, 2.05) is 29.6 Å². The molecule has 3 nitrogen and oxygen atoms in total. The van der Waals surface area contributed by atoms with E-state index in [1.165, 1.54) is 35.4 Å². The molecular weight excluding hydrogens is 319 g/mol. The SMILES string of the molecule is COc1ccc(NSc2csc(-c3ccc(F)cc3)n2)cc1. The van der Waals surface area contributed by atoms with E-state index < -0.39 is 0 Å². The van der Waals surface area contributed by atoms with Crippen LogP contribution in [0.4, 0.5) is 10.1 Å². The Hall–Kier alpha value is -2.05. The second kappa shape index (κ2) is 6.81. The van der Waals surface area contributed by atoms with Gasteiger partial charge in [-0.1, -0.05) is 0 Å². The molecule has 0 fully saturated rings. The Morgan fingerprint density at radius 3 is 2.50 bits per heavy atom. The Bertz CT molecular complexity index is 742. The Balaban J connectivity index is 1.65. The van der Waals surface area contributed by atoms with Crippen LogP contribution in [0, 0.1) is 5.82 Å². The largest absolute Gasteiger partial charge is 0.497 e. The van der Waals surface area contributed by atoms with E-state index in [1.54, 1.807) is 19.2 Å². The van der Waals surface area contributed by atoms with Gasteiger partial charge in [-0.25, -0.2) is 9.37 Å². The van der Waals surface area contributed by atoms with Crippen LogP contribution in [0.15, 0.2) is 58.9 Å². The third-order valence-electron chi connectivity index (χ3n) is 2.94. The highest BCUT2D eigenvalue weighted by atomic mass is 32.2. The molecule has 1 aromatic heterocycles. The zero-order chi connectivity index (χ0) is 15.4. The minimum Gasteiger partial charge on any atom is -0.497 e. The van der Waals surface area contributed by atoms with Crippen molar-refractivity contribution >= 4 is 29.0 Å². The molecule has 1 heterocycles. The van der Waals surface area contributed by atoms with Gasteiger partial charge in [0, 0.05) is 28.6 Å². The second-order valence-corrected chi connectivity index (χ2v) is 6.12. The molecule has 0 aliphatic heterocycles. The Morgan fingerprint density at radius 1 is 1.09 bits per heavy atom. The van der Waals surface area contributed by atoms with Crippen molar-refractivity contribution in [2.45, 2.75) is 5.03 Å². The summed E-state index contributed by atoms with van der Waals surface area (Å²) in [5.74, 6) is 0.582. The minimum absolute atomic E-state index is 0.240. The van der Waals surface area contributed by atoms with Crippen molar-refractivity contribution in [3.63, 3.8) is 0 Å². The molecule has 0 aliphatic carbocycles. The van der Waals surface area contributed by atoms with Crippen LogP contribution in [-0.2, 0) is 0 Å². The molecule has 3 rings (SSSR count). The van der Waals surface area contributed by atoms with Gasteiger partial charge in [0.1, 0.15) is 21.6 Å². The summed E-state index contributed by atoms with van der Waals surface area (Å²) in [6, 6.07) is 14.0. The number of thiazole rings is 1. The van der Waals surface area contributed by atoms with Gasteiger partial charge in [-0.05, 0) is 48.5 Å². The fraction of sp³-hybridized carbons (Fsp3) is 0.0625. The molecule has 6 heteroatoms. The molecule has 1 N–H and O–H groups in total. The number of benzene rings is 2. The first-order valence-corrected chi connectivity index (χ1v) is 8.22. The maximum absolute atomic E-state index is 12.9. The molecule has 0 unspecified atom stereocenters. The van der Waals surface area contributed by atoms with E-state index in [0.717, 1.165) is 27.0 Å². The lowest BCUT2D eigenvalue weighted by Crippen LogP contribution is -1.88. The van der Waals surface area contributed by atoms with Gasteiger partial charge in [-0.3, -0.25) is 0 Å². The average Bonchev–Trinajstić information content (AvgIpc) is 3.03. The van der Waals surface area contributed by atoms with E-state index >= 15 is 0 Å². The molecule has 2 aromatic carbocycles. The van der Waals surface area contributed by atoms with Crippen LogP contribution in [0.1, 0.15) is 0 Å². The number of ether oxygens (including phenoxy) is 1. The van der Waals surface area contributed by atoms with Crippen LogP contribution in [-0.4, -0.2) is 12.1 Å². The Morgan fingerprint density at radius 2 is 1.82 bits per heavy atom. The first-order valence-electron chi connectivity index (χ1n) is 6.53. The van der Waals surface area contributed by atoms with Crippen molar-refractivity contribution in [3.8, 4) is 16.3 Å². The summed E-state index contributed by atoms with van der Waals surface area (Å²) in [6.45, 7) is 0. The van der Waals surface area contributed by atoms with Crippen molar-refractivity contribution in [2.75, 3.05) is 11.8 Å². The van der Waals surface area contributed by atoms with Crippen LogP contribution >= 0.6 is 23.3 Å². The lowest BCUT2D eigenvalue weighted by Gasteiger charge is -2.04. The van der Waals surface area contributed by atoms with Gasteiger partial charge in [-0.15, -0.1) is 11.3 Å². The summed E-state index contributed by atoms with van der Waals surface area (Å²) in [5, 5.41) is 3.72. The highest BCUT2D eigenvalue weighted by Gasteiger charge is 2.06. The van der Waals surface area contributed by atoms with Crippen LogP contribution < -0.4 is 9.46 Å². The van der Waals surface area contributed by atoms with Crippen molar-refractivity contribution in [2.24, 2.45) is 0 Å². The number of nitrogens with one attached hydrogen (secondary N) is 1. The highest BCUT2D eigenvalue weighted by Crippen LogP contribution is 2.29. The van der Waals surface area contributed by atoms with Gasteiger partial charge < -0.3 is 9.46 Å². The third-order valence-corrected chi connectivity index (χ3v) is 4.73. The van der Waals surface area contributed by atoms with E-state index in [4.69, 9.17) is 4.74 Å². The number of rotatable bonds is 5. The fourth-order valence-corrected chi connectivity index (χ4v) is 3.38. The Kier molecular flexibility index (Phi) is 4.60. The zero-order valence-corrected chi connectivity index (χ0v) is 13.4. The van der Waals surface area contributed by atoms with Gasteiger partial charge in [-0.2, -0.15) is 0 Å². The third kappa shape index (κ3) is 3.58. The normalized spacial score (nSPS) is 10.5. The molecule has 0 atom stereocenters. The number of methoxy groups -OCH3 is 1. The molecule has 3 aromatic rings. The first-order chi connectivity index (χ1) is 10.7. The zero-order valence-electron chi connectivity index (χ0n) is 11.7. The van der Waals surface area contributed by atoms with Crippen molar-refractivity contribution in [3.05, 3.63) is 59.7 Å². The highest BCUT2D eigenvalue weighted by molar-refractivity contribution is 8.00. The van der Waals surface area contributed by atoms with Gasteiger partial charge in [0.15, 0.2) is 0 Å². The second-order valence-electron chi connectivity index (χ2n) is 4.43. The topological polar surface area (TPSA) is 34.1 Å². The van der Waals surface area contributed by atoms with E-state index in [0.29, 0.717) is 0 Å². The maximum atomic E-state index is 12.9. The molecule has 0 saturated heterocycles. The molecule has 22 heavy (non-hydrogen) atoms. The predicted octanol–water partition coefficient (Wildman–Crippen LogP) is 5.08. The van der Waals surface area contributed by atoms with Crippen molar-refractivity contribution in [1.82, 2.24) is 4.98 Å². The van der Waals surface area contributed by atoms with E-state index in [9.17, 15) is 4.39 Å². The lowest BCUT2D eigenvalue weighted by molar-refractivity contribution is 0.415. The quantitative estimate of drug-likeness (QED) is 0.661. The summed E-state index contributed by atoms with van der Waals surface area (Å²) in [6.07, 6.45) is 0. The fourth-order valence-electron chi connectivity index (χ4n) is 1.80. The van der Waals surface area contributed by atoms with Crippen molar-refractivity contribution in [1.29, 1.82) is 0 Å². The molecule has 112 valence electrons. The predicted molar refractivity (Wildman–Crippen MR) is 90.0 cm³/mol. The summed E-state index contributed by atoms with van der Waals surface area (Å²) < 4.78 is 21.3. The lowest BCUT2D eigenvalue weighted by atomic mass is 10.2. The van der Waals surface area contributed by atoms with Gasteiger partial charge in [0.25, 0.3) is 0 Å². The van der Waals surface area contributed by atoms with E-state index in [-0.39, 0.29) is 5.82 Å².